The summed E-state index contributed by atoms with van der Waals surface area (Å²) in [6.45, 7) is 1.76. The van der Waals surface area contributed by atoms with Crippen LogP contribution in [0.5, 0.6) is 5.75 Å². The highest BCUT2D eigenvalue weighted by molar-refractivity contribution is 5.97. The Bertz CT molecular complexity index is 1090. The van der Waals surface area contributed by atoms with Gasteiger partial charge in [0.05, 0.1) is 29.7 Å². The second kappa shape index (κ2) is 6.70. The zero-order chi connectivity index (χ0) is 21.2. The highest BCUT2D eigenvalue weighted by Crippen LogP contribution is 2.48. The van der Waals surface area contributed by atoms with Gasteiger partial charge >= 0.3 is 5.97 Å². The van der Waals surface area contributed by atoms with Gasteiger partial charge in [0.15, 0.2) is 5.75 Å². The molecule has 160 valence electrons. The van der Waals surface area contributed by atoms with Crippen molar-refractivity contribution in [3.05, 3.63) is 34.1 Å². The summed E-state index contributed by atoms with van der Waals surface area (Å²) in [5.74, 6) is -0.257. The summed E-state index contributed by atoms with van der Waals surface area (Å²) in [5, 5.41) is 13.2. The Kier molecular flexibility index (Phi) is 4.32. The van der Waals surface area contributed by atoms with Crippen molar-refractivity contribution in [1.82, 2.24) is 9.88 Å². The Labute approximate surface area is 173 Å². The van der Waals surface area contributed by atoms with Crippen molar-refractivity contribution in [2.45, 2.75) is 43.4 Å². The number of alkyl halides is 1. The number of anilines is 1. The molecular formula is C22H26FN3O4. The van der Waals surface area contributed by atoms with E-state index in [1.54, 1.807) is 17.7 Å². The SMILES string of the molecule is CNC1([C@@H]2CCN(c3ccc4c(=O)c(C(=O)O)cn(C5C[C@@H]5F)c4c3OC)C2)CC1. The van der Waals surface area contributed by atoms with Crippen molar-refractivity contribution in [3.8, 4) is 5.75 Å². The maximum absolute atomic E-state index is 14.0. The predicted octanol–water partition coefficient (Wildman–Crippen LogP) is 2.57. The molecule has 5 rings (SSSR count). The molecule has 2 saturated carbocycles. The van der Waals surface area contributed by atoms with Gasteiger partial charge in [-0.15, -0.1) is 0 Å². The number of ether oxygens (including phenoxy) is 1. The monoisotopic (exact) mass is 415 g/mol. The number of aromatic carboxylic acids is 1. The van der Waals surface area contributed by atoms with Crippen molar-refractivity contribution in [2.24, 2.45) is 5.92 Å². The first-order valence-corrected chi connectivity index (χ1v) is 10.5. The van der Waals surface area contributed by atoms with E-state index in [2.05, 4.69) is 10.2 Å². The number of rotatable bonds is 6. The summed E-state index contributed by atoms with van der Waals surface area (Å²) >= 11 is 0. The lowest BCUT2D eigenvalue weighted by Crippen LogP contribution is -2.37. The highest BCUT2D eigenvalue weighted by atomic mass is 19.1. The predicted molar refractivity (Wildman–Crippen MR) is 112 cm³/mol. The van der Waals surface area contributed by atoms with E-state index < -0.39 is 23.6 Å². The lowest BCUT2D eigenvalue weighted by molar-refractivity contribution is 0.0694. The van der Waals surface area contributed by atoms with Crippen LogP contribution in [0.4, 0.5) is 10.1 Å². The van der Waals surface area contributed by atoms with E-state index in [0.717, 1.165) is 25.2 Å². The molecule has 0 spiro atoms. The molecule has 1 aliphatic heterocycles. The summed E-state index contributed by atoms with van der Waals surface area (Å²) in [6, 6.07) is 3.02. The smallest absolute Gasteiger partial charge is 0.341 e. The maximum Gasteiger partial charge on any atom is 0.341 e. The van der Waals surface area contributed by atoms with Gasteiger partial charge in [0.2, 0.25) is 5.43 Å². The second-order valence-electron chi connectivity index (χ2n) is 8.76. The minimum absolute atomic E-state index is 0.229. The number of hydrogen-bond donors (Lipinski definition) is 2. The third-order valence-electron chi connectivity index (χ3n) is 7.20. The van der Waals surface area contributed by atoms with Crippen LogP contribution in [0, 0.1) is 5.92 Å². The number of aromatic nitrogens is 1. The molecule has 3 aliphatic rings. The maximum atomic E-state index is 14.0. The molecule has 3 atom stereocenters. The summed E-state index contributed by atoms with van der Waals surface area (Å²) in [4.78, 5) is 26.7. The third kappa shape index (κ3) is 2.80. The molecular weight excluding hydrogens is 389 g/mol. The Balaban J connectivity index is 1.64. The van der Waals surface area contributed by atoms with Crippen LogP contribution in [0.3, 0.4) is 0 Å². The fraction of sp³-hybridized carbons (Fsp3) is 0.545. The van der Waals surface area contributed by atoms with Crippen molar-refractivity contribution in [3.63, 3.8) is 0 Å². The topological polar surface area (TPSA) is 83.8 Å². The number of nitrogens with one attached hydrogen (secondary N) is 1. The molecule has 1 aromatic heterocycles. The number of carboxylic acid groups (broad SMARTS) is 1. The first-order valence-electron chi connectivity index (χ1n) is 10.5. The molecule has 2 heterocycles. The van der Waals surface area contributed by atoms with Crippen LogP contribution in [0.1, 0.15) is 42.1 Å². The Morgan fingerprint density at radius 3 is 2.67 bits per heavy atom. The molecule has 1 saturated heterocycles. The normalized spacial score (nSPS) is 26.8. The van der Waals surface area contributed by atoms with E-state index in [0.29, 0.717) is 23.6 Å². The van der Waals surface area contributed by atoms with Gasteiger partial charge in [0.1, 0.15) is 11.7 Å². The van der Waals surface area contributed by atoms with Crippen LogP contribution < -0.4 is 20.4 Å². The molecule has 30 heavy (non-hydrogen) atoms. The molecule has 0 bridgehead atoms. The molecule has 8 heteroatoms. The summed E-state index contributed by atoms with van der Waals surface area (Å²) in [7, 11) is 3.57. The van der Waals surface area contributed by atoms with Crippen LogP contribution in [-0.2, 0) is 0 Å². The van der Waals surface area contributed by atoms with Crippen molar-refractivity contribution < 1.29 is 19.0 Å². The molecule has 7 nitrogen and oxygen atoms in total. The number of benzene rings is 1. The molecule has 2 aliphatic carbocycles. The van der Waals surface area contributed by atoms with Gasteiger partial charge in [-0.2, -0.15) is 0 Å². The molecule has 2 N–H and O–H groups in total. The minimum atomic E-state index is -1.31. The van der Waals surface area contributed by atoms with Crippen molar-refractivity contribution in [1.29, 1.82) is 0 Å². The van der Waals surface area contributed by atoms with E-state index in [-0.39, 0.29) is 16.5 Å². The lowest BCUT2D eigenvalue weighted by Gasteiger charge is -2.26. The van der Waals surface area contributed by atoms with Gasteiger partial charge in [-0.3, -0.25) is 4.79 Å². The van der Waals surface area contributed by atoms with Gasteiger partial charge in [-0.05, 0) is 44.4 Å². The summed E-state index contributed by atoms with van der Waals surface area (Å²) in [6.07, 6.45) is 3.98. The number of carbonyl (C=O) groups is 1. The zero-order valence-corrected chi connectivity index (χ0v) is 17.2. The fourth-order valence-electron chi connectivity index (χ4n) is 5.14. The largest absolute Gasteiger partial charge is 0.492 e. The number of pyridine rings is 1. The quantitative estimate of drug-likeness (QED) is 0.755. The first kappa shape index (κ1) is 19.4. The first-order chi connectivity index (χ1) is 14.4. The molecule has 0 amide bonds. The zero-order valence-electron chi connectivity index (χ0n) is 17.2. The third-order valence-corrected chi connectivity index (χ3v) is 7.20. The van der Waals surface area contributed by atoms with E-state index in [1.807, 2.05) is 13.1 Å². The molecule has 1 aromatic carbocycles. The van der Waals surface area contributed by atoms with Crippen LogP contribution in [0.15, 0.2) is 23.1 Å². The Hall–Kier alpha value is -2.61. The van der Waals surface area contributed by atoms with Gasteiger partial charge < -0.3 is 24.6 Å². The summed E-state index contributed by atoms with van der Waals surface area (Å²) in [5.41, 5.74) is 0.663. The number of fused-ring (bicyclic) bond motifs is 1. The number of hydrogen-bond acceptors (Lipinski definition) is 5. The molecule has 3 fully saturated rings. The highest BCUT2D eigenvalue weighted by Gasteiger charge is 2.50. The van der Waals surface area contributed by atoms with E-state index >= 15 is 0 Å². The Morgan fingerprint density at radius 1 is 1.37 bits per heavy atom. The van der Waals surface area contributed by atoms with Crippen LogP contribution in [-0.4, -0.2) is 54.6 Å². The number of halogens is 1. The average molecular weight is 415 g/mol. The second-order valence-corrected chi connectivity index (χ2v) is 8.76. The van der Waals surface area contributed by atoms with Gasteiger partial charge in [-0.1, -0.05) is 0 Å². The molecule has 0 radical (unpaired) electrons. The van der Waals surface area contributed by atoms with Gasteiger partial charge in [-0.25, -0.2) is 9.18 Å². The van der Waals surface area contributed by atoms with Crippen LogP contribution in [0.25, 0.3) is 10.9 Å². The van der Waals surface area contributed by atoms with Crippen LogP contribution >= 0.6 is 0 Å². The fourth-order valence-corrected chi connectivity index (χ4v) is 5.14. The summed E-state index contributed by atoms with van der Waals surface area (Å²) < 4.78 is 21.3. The van der Waals surface area contributed by atoms with Crippen molar-refractivity contribution >= 4 is 22.6 Å². The van der Waals surface area contributed by atoms with Crippen molar-refractivity contribution in [2.75, 3.05) is 32.1 Å². The van der Waals surface area contributed by atoms with Gasteiger partial charge in [0.25, 0.3) is 0 Å². The molecule has 2 aromatic rings. The van der Waals surface area contributed by atoms with Gasteiger partial charge in [0, 0.05) is 31.2 Å². The van der Waals surface area contributed by atoms with E-state index in [1.165, 1.54) is 19.0 Å². The van der Waals surface area contributed by atoms with E-state index in [4.69, 9.17) is 4.74 Å². The Morgan fingerprint density at radius 2 is 2.10 bits per heavy atom. The number of carboxylic acids is 1. The average Bonchev–Trinajstić information content (AvgIpc) is 3.64. The minimum Gasteiger partial charge on any atom is -0.492 e. The molecule has 1 unspecified atom stereocenters. The standard InChI is InChI=1S/C22H26FN3O4/c1-24-22(6-7-22)12-5-8-25(10-12)16-4-3-13-18(20(16)30-2)26(17-9-15(17)23)11-14(19(13)27)21(28)29/h3-4,11-12,15,17,24H,5-10H2,1-2H3,(H,28,29)/t12-,15+,17?/m1/s1. The van der Waals surface area contributed by atoms with E-state index in [9.17, 15) is 19.1 Å². The lowest BCUT2D eigenvalue weighted by atomic mass is 9.96. The number of methoxy groups -OCH3 is 1. The van der Waals surface area contributed by atoms with Crippen LogP contribution in [0.2, 0.25) is 0 Å². The number of nitrogens with zero attached hydrogens (tertiary/aromatic N) is 2.